The van der Waals surface area contributed by atoms with E-state index in [-0.39, 0.29) is 18.1 Å². The van der Waals surface area contributed by atoms with E-state index in [0.29, 0.717) is 11.8 Å². The van der Waals surface area contributed by atoms with Gasteiger partial charge in [-0.25, -0.2) is 0 Å². The second-order valence-electron chi connectivity index (χ2n) is 8.81. The maximum absolute atomic E-state index is 10.4. The lowest BCUT2D eigenvalue weighted by atomic mass is 9.91. The monoisotopic (exact) mass is 363 g/mol. The Morgan fingerprint density at radius 3 is 2.73 bits per heavy atom. The molecular formula is C23H41NO2. The Kier molecular flexibility index (Phi) is 9.38. The van der Waals surface area contributed by atoms with E-state index in [1.54, 1.807) is 5.57 Å². The van der Waals surface area contributed by atoms with Crippen molar-refractivity contribution in [3.63, 3.8) is 0 Å². The summed E-state index contributed by atoms with van der Waals surface area (Å²) < 4.78 is 0. The third kappa shape index (κ3) is 6.83. The summed E-state index contributed by atoms with van der Waals surface area (Å²) in [7, 11) is 4.28. The van der Waals surface area contributed by atoms with Crippen LogP contribution in [-0.4, -0.2) is 48.0 Å². The van der Waals surface area contributed by atoms with Gasteiger partial charge in [-0.2, -0.15) is 0 Å². The van der Waals surface area contributed by atoms with Crippen LogP contribution in [-0.2, 0) is 0 Å². The molecule has 1 fully saturated rings. The van der Waals surface area contributed by atoms with Gasteiger partial charge >= 0.3 is 0 Å². The molecule has 3 heteroatoms. The molecule has 5 atom stereocenters. The van der Waals surface area contributed by atoms with Crippen molar-refractivity contribution in [1.82, 2.24) is 4.90 Å². The zero-order valence-corrected chi connectivity index (χ0v) is 17.2. The molecule has 0 heterocycles. The molecule has 2 N–H and O–H groups in total. The van der Waals surface area contributed by atoms with Crippen molar-refractivity contribution in [2.24, 2.45) is 17.8 Å². The summed E-state index contributed by atoms with van der Waals surface area (Å²) in [6, 6.07) is 0. The van der Waals surface area contributed by atoms with Crippen molar-refractivity contribution in [2.45, 2.75) is 83.3 Å². The second-order valence-corrected chi connectivity index (χ2v) is 8.81. The van der Waals surface area contributed by atoms with Crippen LogP contribution in [0.4, 0.5) is 0 Å². The Hall–Kier alpha value is -0.640. The van der Waals surface area contributed by atoms with Crippen LogP contribution < -0.4 is 0 Å². The zero-order valence-electron chi connectivity index (χ0n) is 17.2. The number of aliphatic hydroxyl groups excluding tert-OH is 2. The van der Waals surface area contributed by atoms with Crippen molar-refractivity contribution in [3.8, 4) is 0 Å². The predicted octanol–water partition coefficient (Wildman–Crippen LogP) is 4.55. The number of aliphatic hydroxyl groups is 2. The fraction of sp³-hybridized carbons (Fsp3) is 0.826. The highest BCUT2D eigenvalue weighted by Gasteiger charge is 2.42. The number of rotatable bonds is 12. The average molecular weight is 364 g/mol. The van der Waals surface area contributed by atoms with Crippen LogP contribution in [0.5, 0.6) is 0 Å². The lowest BCUT2D eigenvalue weighted by Gasteiger charge is -2.16. The highest BCUT2D eigenvalue weighted by molar-refractivity contribution is 5.21. The fourth-order valence-corrected chi connectivity index (χ4v) is 4.69. The quantitative estimate of drug-likeness (QED) is 0.395. The van der Waals surface area contributed by atoms with Gasteiger partial charge in [0.1, 0.15) is 0 Å². The minimum absolute atomic E-state index is 0.201. The Bertz CT molecular complexity index is 457. The van der Waals surface area contributed by atoms with Gasteiger partial charge in [0.05, 0.1) is 12.2 Å². The Labute approximate surface area is 161 Å². The molecule has 0 spiro atoms. The molecule has 0 aromatic heterocycles. The molecule has 1 saturated carbocycles. The number of hydrogen-bond acceptors (Lipinski definition) is 3. The van der Waals surface area contributed by atoms with Crippen LogP contribution >= 0.6 is 0 Å². The average Bonchev–Trinajstić information content (AvgIpc) is 3.09. The molecule has 0 unspecified atom stereocenters. The minimum Gasteiger partial charge on any atom is -0.392 e. The lowest BCUT2D eigenvalue weighted by Crippen LogP contribution is -2.16. The largest absolute Gasteiger partial charge is 0.392 e. The van der Waals surface area contributed by atoms with E-state index in [2.05, 4.69) is 38.1 Å². The second kappa shape index (κ2) is 11.3. The van der Waals surface area contributed by atoms with E-state index < -0.39 is 0 Å². The van der Waals surface area contributed by atoms with Gasteiger partial charge in [0.15, 0.2) is 0 Å². The Morgan fingerprint density at radius 2 is 2.00 bits per heavy atom. The van der Waals surface area contributed by atoms with Gasteiger partial charge in [-0.3, -0.25) is 0 Å². The molecule has 0 radical (unpaired) electrons. The molecular weight excluding hydrogens is 322 g/mol. The summed E-state index contributed by atoms with van der Waals surface area (Å²) in [5, 5.41) is 20.6. The van der Waals surface area contributed by atoms with Crippen LogP contribution in [0.15, 0.2) is 23.8 Å². The zero-order chi connectivity index (χ0) is 18.9. The molecule has 0 aliphatic heterocycles. The number of allylic oxidation sites excluding steroid dienone is 2. The van der Waals surface area contributed by atoms with Crippen LogP contribution in [0.3, 0.4) is 0 Å². The minimum atomic E-state index is -0.352. The van der Waals surface area contributed by atoms with Crippen LogP contribution in [0.25, 0.3) is 0 Å². The first kappa shape index (κ1) is 21.7. The summed E-state index contributed by atoms with van der Waals surface area (Å²) >= 11 is 0. The molecule has 2 aliphatic rings. The summed E-state index contributed by atoms with van der Waals surface area (Å²) in [6.45, 7) is 3.37. The molecule has 0 aromatic rings. The van der Waals surface area contributed by atoms with Crippen LogP contribution in [0.1, 0.15) is 71.1 Å². The van der Waals surface area contributed by atoms with E-state index in [0.717, 1.165) is 19.3 Å². The normalized spacial score (nSPS) is 29.5. The van der Waals surface area contributed by atoms with Gasteiger partial charge in [0, 0.05) is 5.92 Å². The first-order chi connectivity index (χ1) is 12.5. The number of nitrogens with zero attached hydrogens (tertiary/aromatic N) is 1. The molecule has 150 valence electrons. The van der Waals surface area contributed by atoms with Gasteiger partial charge in [-0.1, -0.05) is 56.4 Å². The third-order valence-corrected chi connectivity index (χ3v) is 6.19. The van der Waals surface area contributed by atoms with Gasteiger partial charge in [-0.05, 0) is 71.0 Å². The van der Waals surface area contributed by atoms with Crippen molar-refractivity contribution >= 4 is 0 Å². The molecule has 0 aromatic carbocycles. The topological polar surface area (TPSA) is 43.7 Å². The summed E-state index contributed by atoms with van der Waals surface area (Å²) in [4.78, 5) is 2.26. The maximum atomic E-state index is 10.4. The SMILES string of the molecule is CCCCC[C@H](O)C=C[C@@H]1[C@H]2C=C(CCCCCN(C)C)C[C@H]2C[C@H]1O. The molecule has 2 aliphatic carbocycles. The summed E-state index contributed by atoms with van der Waals surface area (Å²) in [5.74, 6) is 1.31. The van der Waals surface area contributed by atoms with Gasteiger partial charge in [-0.15, -0.1) is 0 Å². The first-order valence-corrected chi connectivity index (χ1v) is 10.9. The van der Waals surface area contributed by atoms with E-state index >= 15 is 0 Å². The van der Waals surface area contributed by atoms with Crippen LogP contribution in [0, 0.1) is 17.8 Å². The molecule has 0 amide bonds. The lowest BCUT2D eigenvalue weighted by molar-refractivity contribution is 0.143. The van der Waals surface area contributed by atoms with Crippen molar-refractivity contribution in [2.75, 3.05) is 20.6 Å². The number of fused-ring (bicyclic) bond motifs is 1. The highest BCUT2D eigenvalue weighted by Crippen LogP contribution is 2.48. The van der Waals surface area contributed by atoms with E-state index in [9.17, 15) is 10.2 Å². The highest BCUT2D eigenvalue weighted by atomic mass is 16.3. The van der Waals surface area contributed by atoms with Crippen LogP contribution in [0.2, 0.25) is 0 Å². The maximum Gasteiger partial charge on any atom is 0.0721 e. The van der Waals surface area contributed by atoms with E-state index in [1.807, 2.05) is 6.08 Å². The molecule has 2 rings (SSSR count). The number of hydrogen-bond donors (Lipinski definition) is 2. The van der Waals surface area contributed by atoms with Gasteiger partial charge in [0.25, 0.3) is 0 Å². The predicted molar refractivity (Wildman–Crippen MR) is 110 cm³/mol. The summed E-state index contributed by atoms with van der Waals surface area (Å²) in [6.07, 6.45) is 17.4. The van der Waals surface area contributed by atoms with Crippen molar-refractivity contribution < 1.29 is 10.2 Å². The molecule has 26 heavy (non-hydrogen) atoms. The Balaban J connectivity index is 1.77. The molecule has 0 saturated heterocycles. The Morgan fingerprint density at radius 1 is 1.19 bits per heavy atom. The van der Waals surface area contributed by atoms with Gasteiger partial charge < -0.3 is 15.1 Å². The first-order valence-electron chi connectivity index (χ1n) is 10.9. The van der Waals surface area contributed by atoms with E-state index in [4.69, 9.17) is 0 Å². The van der Waals surface area contributed by atoms with Crippen molar-refractivity contribution in [3.05, 3.63) is 23.8 Å². The van der Waals surface area contributed by atoms with E-state index in [1.165, 1.54) is 51.5 Å². The molecule has 0 bridgehead atoms. The van der Waals surface area contributed by atoms with Crippen molar-refractivity contribution in [1.29, 1.82) is 0 Å². The fourth-order valence-electron chi connectivity index (χ4n) is 4.69. The molecule has 3 nitrogen and oxygen atoms in total. The van der Waals surface area contributed by atoms with Gasteiger partial charge in [0.2, 0.25) is 0 Å². The summed E-state index contributed by atoms with van der Waals surface area (Å²) in [5.41, 5.74) is 1.61. The number of unbranched alkanes of at least 4 members (excludes halogenated alkanes) is 4. The smallest absolute Gasteiger partial charge is 0.0721 e. The third-order valence-electron chi connectivity index (χ3n) is 6.19. The standard InChI is InChI=1S/C23H41NO2/c1-4-5-7-11-20(25)12-13-21-22-16-18(15-19(22)17-23(21)26)10-8-6-9-14-24(2)3/h12-13,16,19-23,25-26H,4-11,14-15,17H2,1-3H3/t19-,20-,21+,22-,23+/m0/s1.